The SMILES string of the molecule is CC(=C\Sc1ccccc1)/C(S)=N/c1ccccc1. The van der Waals surface area contributed by atoms with Crippen molar-refractivity contribution >= 4 is 35.1 Å². The van der Waals surface area contributed by atoms with Gasteiger partial charge in [-0.15, -0.1) is 12.6 Å². The number of thioether (sulfide) groups is 1. The van der Waals surface area contributed by atoms with Gasteiger partial charge in [-0.1, -0.05) is 48.2 Å². The van der Waals surface area contributed by atoms with Crippen LogP contribution in [-0.4, -0.2) is 5.04 Å². The van der Waals surface area contributed by atoms with Crippen LogP contribution in [0.4, 0.5) is 5.69 Å². The lowest BCUT2D eigenvalue weighted by atomic mass is 10.3. The van der Waals surface area contributed by atoms with Crippen molar-refractivity contribution in [1.82, 2.24) is 0 Å². The van der Waals surface area contributed by atoms with Gasteiger partial charge in [0.05, 0.1) is 10.7 Å². The predicted octanol–water partition coefficient (Wildman–Crippen LogP) is 5.34. The highest BCUT2D eigenvalue weighted by molar-refractivity contribution is 8.02. The number of para-hydroxylation sites is 1. The van der Waals surface area contributed by atoms with Crippen molar-refractivity contribution in [2.45, 2.75) is 11.8 Å². The smallest absolute Gasteiger partial charge is 0.0971 e. The van der Waals surface area contributed by atoms with Crippen LogP contribution in [0.5, 0.6) is 0 Å². The fourth-order valence-electron chi connectivity index (χ4n) is 1.42. The Bertz CT molecular complexity index is 574. The molecular weight excluding hydrogens is 270 g/mol. The van der Waals surface area contributed by atoms with E-state index in [-0.39, 0.29) is 0 Å². The summed E-state index contributed by atoms with van der Waals surface area (Å²) < 4.78 is 0. The normalized spacial score (nSPS) is 12.5. The Morgan fingerprint density at radius 3 is 2.21 bits per heavy atom. The summed E-state index contributed by atoms with van der Waals surface area (Å²) >= 11 is 6.13. The highest BCUT2D eigenvalue weighted by Crippen LogP contribution is 2.22. The highest BCUT2D eigenvalue weighted by atomic mass is 32.2. The van der Waals surface area contributed by atoms with Crippen LogP contribution in [0.25, 0.3) is 0 Å². The average molecular weight is 285 g/mol. The van der Waals surface area contributed by atoms with Gasteiger partial charge in [-0.25, -0.2) is 4.99 Å². The fourth-order valence-corrected chi connectivity index (χ4v) is 2.43. The Labute approximate surface area is 123 Å². The van der Waals surface area contributed by atoms with Crippen LogP contribution in [0, 0.1) is 0 Å². The minimum atomic E-state index is 0.745. The number of aliphatic imine (C=N–C) groups is 1. The molecule has 0 saturated heterocycles. The van der Waals surface area contributed by atoms with E-state index in [4.69, 9.17) is 0 Å². The van der Waals surface area contributed by atoms with Crippen LogP contribution in [0.3, 0.4) is 0 Å². The van der Waals surface area contributed by atoms with Gasteiger partial charge in [-0.3, -0.25) is 0 Å². The summed E-state index contributed by atoms with van der Waals surface area (Å²) in [6.07, 6.45) is 0. The fraction of sp³-hybridized carbons (Fsp3) is 0.0625. The zero-order valence-electron chi connectivity index (χ0n) is 10.7. The summed E-state index contributed by atoms with van der Waals surface area (Å²) in [6, 6.07) is 20.1. The molecule has 0 unspecified atom stereocenters. The molecule has 0 aliphatic heterocycles. The largest absolute Gasteiger partial charge is 0.242 e. The first-order valence-corrected chi connectivity index (χ1v) is 7.30. The lowest BCUT2D eigenvalue weighted by Crippen LogP contribution is -1.88. The molecule has 2 rings (SSSR count). The molecule has 0 bridgehead atoms. The topological polar surface area (TPSA) is 12.4 Å². The lowest BCUT2D eigenvalue weighted by Gasteiger charge is -2.01. The summed E-state index contributed by atoms with van der Waals surface area (Å²) in [6.45, 7) is 2.02. The van der Waals surface area contributed by atoms with Crippen molar-refractivity contribution in [3.63, 3.8) is 0 Å². The van der Waals surface area contributed by atoms with Crippen LogP contribution in [0.15, 0.2) is 81.5 Å². The molecule has 0 heterocycles. The van der Waals surface area contributed by atoms with E-state index in [0.29, 0.717) is 0 Å². The lowest BCUT2D eigenvalue weighted by molar-refractivity contribution is 1.47. The van der Waals surface area contributed by atoms with Gasteiger partial charge in [0, 0.05) is 4.90 Å². The number of thiol groups is 1. The molecule has 96 valence electrons. The van der Waals surface area contributed by atoms with Gasteiger partial charge in [0.25, 0.3) is 0 Å². The van der Waals surface area contributed by atoms with Gasteiger partial charge in [-0.05, 0) is 42.2 Å². The molecule has 0 saturated carbocycles. The quantitative estimate of drug-likeness (QED) is 0.346. The molecule has 0 aliphatic rings. The monoisotopic (exact) mass is 285 g/mol. The van der Waals surface area contributed by atoms with E-state index in [2.05, 4.69) is 35.2 Å². The van der Waals surface area contributed by atoms with E-state index < -0.39 is 0 Å². The Morgan fingerprint density at radius 1 is 1.00 bits per heavy atom. The molecule has 3 heteroatoms. The number of hydrogen-bond donors (Lipinski definition) is 1. The predicted molar refractivity (Wildman–Crippen MR) is 88.6 cm³/mol. The molecule has 0 spiro atoms. The van der Waals surface area contributed by atoms with Crippen LogP contribution < -0.4 is 0 Å². The average Bonchev–Trinajstić information content (AvgIpc) is 2.47. The van der Waals surface area contributed by atoms with E-state index in [1.165, 1.54) is 4.90 Å². The summed E-state index contributed by atoms with van der Waals surface area (Å²) in [7, 11) is 0. The highest BCUT2D eigenvalue weighted by Gasteiger charge is 1.97. The maximum absolute atomic E-state index is 4.47. The summed E-state index contributed by atoms with van der Waals surface area (Å²) in [4.78, 5) is 5.68. The molecule has 0 N–H and O–H groups in total. The van der Waals surface area contributed by atoms with E-state index in [1.54, 1.807) is 11.8 Å². The van der Waals surface area contributed by atoms with Crippen LogP contribution in [0.1, 0.15) is 6.92 Å². The second-order valence-corrected chi connectivity index (χ2v) is 5.37. The number of rotatable bonds is 4. The molecule has 0 fully saturated rings. The second-order valence-electron chi connectivity index (χ2n) is 4.00. The zero-order chi connectivity index (χ0) is 13.5. The maximum Gasteiger partial charge on any atom is 0.0971 e. The number of nitrogens with zero attached hydrogens (tertiary/aromatic N) is 1. The van der Waals surface area contributed by atoms with Gasteiger partial charge in [0.2, 0.25) is 0 Å². The van der Waals surface area contributed by atoms with Gasteiger partial charge < -0.3 is 0 Å². The zero-order valence-corrected chi connectivity index (χ0v) is 12.4. The van der Waals surface area contributed by atoms with Crippen molar-refractivity contribution in [2.75, 3.05) is 0 Å². The minimum absolute atomic E-state index is 0.745. The summed E-state index contributed by atoms with van der Waals surface area (Å²) in [5.41, 5.74) is 1.98. The first-order valence-electron chi connectivity index (χ1n) is 5.97. The third-order valence-electron chi connectivity index (χ3n) is 2.46. The van der Waals surface area contributed by atoms with E-state index in [0.717, 1.165) is 16.3 Å². The van der Waals surface area contributed by atoms with E-state index in [1.807, 2.05) is 55.5 Å². The molecule has 2 aromatic rings. The Balaban J connectivity index is 2.07. The molecule has 0 aromatic heterocycles. The number of hydrogen-bond acceptors (Lipinski definition) is 2. The maximum atomic E-state index is 4.47. The van der Waals surface area contributed by atoms with Gasteiger partial charge >= 0.3 is 0 Å². The first kappa shape index (κ1) is 14.0. The van der Waals surface area contributed by atoms with E-state index >= 15 is 0 Å². The standard InChI is InChI=1S/C16H15NS2/c1-13(12-19-15-10-6-3-7-11-15)16(18)17-14-8-4-2-5-9-14/h2-12H,1H3,(H,17,18)/b13-12+. The molecule has 0 radical (unpaired) electrons. The van der Waals surface area contributed by atoms with Gasteiger partial charge in [0.15, 0.2) is 0 Å². The van der Waals surface area contributed by atoms with Crippen molar-refractivity contribution < 1.29 is 0 Å². The second kappa shape index (κ2) is 7.22. The van der Waals surface area contributed by atoms with Gasteiger partial charge in [-0.2, -0.15) is 0 Å². The Kier molecular flexibility index (Phi) is 5.31. The van der Waals surface area contributed by atoms with Crippen molar-refractivity contribution in [3.8, 4) is 0 Å². The third kappa shape index (κ3) is 4.62. The molecular formula is C16H15NS2. The Hall–Kier alpha value is -1.45. The molecule has 0 aliphatic carbocycles. The van der Waals surface area contributed by atoms with Crippen LogP contribution in [0.2, 0.25) is 0 Å². The molecule has 0 amide bonds. The summed E-state index contributed by atoms with van der Waals surface area (Å²) in [5, 5.41) is 2.82. The summed E-state index contributed by atoms with van der Waals surface area (Å²) in [5.74, 6) is 0. The first-order chi connectivity index (χ1) is 9.25. The minimum Gasteiger partial charge on any atom is -0.242 e. The number of benzene rings is 2. The molecule has 19 heavy (non-hydrogen) atoms. The van der Waals surface area contributed by atoms with Crippen molar-refractivity contribution in [2.24, 2.45) is 4.99 Å². The van der Waals surface area contributed by atoms with Crippen molar-refractivity contribution in [1.29, 1.82) is 0 Å². The van der Waals surface area contributed by atoms with Gasteiger partial charge in [0.1, 0.15) is 0 Å². The molecule has 0 atom stereocenters. The van der Waals surface area contributed by atoms with Crippen molar-refractivity contribution in [3.05, 3.63) is 71.6 Å². The molecule has 2 aromatic carbocycles. The third-order valence-corrected chi connectivity index (χ3v) is 3.93. The van der Waals surface area contributed by atoms with E-state index in [9.17, 15) is 0 Å². The molecule has 1 nitrogen and oxygen atoms in total. The Morgan fingerprint density at radius 2 is 1.58 bits per heavy atom. The van der Waals surface area contributed by atoms with Crippen LogP contribution in [-0.2, 0) is 0 Å². The van der Waals surface area contributed by atoms with Crippen LogP contribution >= 0.6 is 24.4 Å².